The quantitative estimate of drug-likeness (QED) is 0.876. The summed E-state index contributed by atoms with van der Waals surface area (Å²) in [5, 5.41) is 4.10. The summed E-state index contributed by atoms with van der Waals surface area (Å²) >= 11 is 5.90. The highest BCUT2D eigenvalue weighted by atomic mass is 35.5. The van der Waals surface area contributed by atoms with Crippen molar-refractivity contribution in [2.24, 2.45) is 18.7 Å². The molecule has 1 saturated heterocycles. The largest absolute Gasteiger partial charge is 0.330 e. The fourth-order valence-corrected chi connectivity index (χ4v) is 4.27. The molecule has 102 valence electrons. The van der Waals surface area contributed by atoms with Gasteiger partial charge >= 0.3 is 0 Å². The van der Waals surface area contributed by atoms with Gasteiger partial charge in [0, 0.05) is 20.1 Å². The second kappa shape index (κ2) is 5.16. The van der Waals surface area contributed by atoms with Crippen molar-refractivity contribution in [1.29, 1.82) is 0 Å². The van der Waals surface area contributed by atoms with Crippen LogP contribution in [0.15, 0.2) is 11.2 Å². The van der Waals surface area contributed by atoms with Crippen molar-refractivity contribution < 1.29 is 8.42 Å². The first-order valence-corrected chi connectivity index (χ1v) is 7.66. The zero-order valence-corrected chi connectivity index (χ0v) is 11.8. The van der Waals surface area contributed by atoms with E-state index < -0.39 is 10.0 Å². The lowest BCUT2D eigenvalue weighted by molar-refractivity contribution is 0.277. The Hall–Kier alpha value is -0.630. The van der Waals surface area contributed by atoms with Gasteiger partial charge < -0.3 is 5.73 Å². The average Bonchev–Trinajstić information content (AvgIpc) is 2.69. The van der Waals surface area contributed by atoms with Crippen LogP contribution in [0.5, 0.6) is 0 Å². The van der Waals surface area contributed by atoms with Crippen LogP contribution < -0.4 is 5.73 Å². The number of rotatable bonds is 3. The number of piperidine rings is 1. The summed E-state index contributed by atoms with van der Waals surface area (Å²) in [4.78, 5) is 0. The number of aromatic nitrogens is 2. The van der Waals surface area contributed by atoms with Gasteiger partial charge in [0.05, 0.1) is 11.2 Å². The highest BCUT2D eigenvalue weighted by Gasteiger charge is 2.32. The van der Waals surface area contributed by atoms with E-state index >= 15 is 0 Å². The second-order valence-corrected chi connectivity index (χ2v) is 6.76. The molecule has 18 heavy (non-hydrogen) atoms. The Balaban J connectivity index is 2.23. The zero-order valence-electron chi connectivity index (χ0n) is 10.2. The third-order valence-corrected chi connectivity index (χ3v) is 5.74. The van der Waals surface area contributed by atoms with Gasteiger partial charge in [-0.1, -0.05) is 11.6 Å². The molecule has 0 atom stereocenters. The van der Waals surface area contributed by atoms with Gasteiger partial charge in [-0.05, 0) is 25.3 Å². The fraction of sp³-hybridized carbons (Fsp3) is 0.700. The minimum absolute atomic E-state index is 0.0652. The molecule has 0 spiro atoms. The standard InChI is InChI=1S/C10H17ClN4O2S/c1-14-10(9(11)7-13-14)18(16,17)15-4-2-8(6-12)3-5-15/h7-8H,2-6,12H2,1H3. The van der Waals surface area contributed by atoms with Crippen LogP contribution in [0.25, 0.3) is 0 Å². The van der Waals surface area contributed by atoms with E-state index in [1.54, 1.807) is 7.05 Å². The Labute approximate surface area is 112 Å². The smallest absolute Gasteiger partial charge is 0.261 e. The molecule has 0 radical (unpaired) electrons. The van der Waals surface area contributed by atoms with E-state index in [-0.39, 0.29) is 10.0 Å². The maximum Gasteiger partial charge on any atom is 0.261 e. The summed E-state index contributed by atoms with van der Waals surface area (Å²) < 4.78 is 27.6. The summed E-state index contributed by atoms with van der Waals surface area (Å²) in [7, 11) is -1.98. The third kappa shape index (κ3) is 2.40. The van der Waals surface area contributed by atoms with E-state index in [2.05, 4.69) is 5.10 Å². The first-order chi connectivity index (χ1) is 8.46. The Morgan fingerprint density at radius 1 is 1.50 bits per heavy atom. The lowest BCUT2D eigenvalue weighted by Crippen LogP contribution is -2.40. The van der Waals surface area contributed by atoms with Gasteiger partial charge in [0.15, 0.2) is 5.03 Å². The number of halogens is 1. The highest BCUT2D eigenvalue weighted by molar-refractivity contribution is 7.89. The summed E-state index contributed by atoms with van der Waals surface area (Å²) in [6.45, 7) is 1.60. The Bertz CT molecular complexity index is 500. The number of sulfonamides is 1. The van der Waals surface area contributed by atoms with Crippen LogP contribution in [0.2, 0.25) is 5.02 Å². The van der Waals surface area contributed by atoms with Crippen molar-refractivity contribution in [3.05, 3.63) is 11.2 Å². The molecule has 0 aliphatic carbocycles. The van der Waals surface area contributed by atoms with Gasteiger partial charge in [-0.3, -0.25) is 4.68 Å². The van der Waals surface area contributed by atoms with Crippen LogP contribution in [0, 0.1) is 5.92 Å². The van der Waals surface area contributed by atoms with Crippen LogP contribution in [0.1, 0.15) is 12.8 Å². The van der Waals surface area contributed by atoms with Crippen molar-refractivity contribution in [2.45, 2.75) is 17.9 Å². The van der Waals surface area contributed by atoms with Gasteiger partial charge in [0.2, 0.25) is 0 Å². The Morgan fingerprint density at radius 2 is 2.11 bits per heavy atom. The molecule has 1 aromatic rings. The number of nitrogens with zero attached hydrogens (tertiary/aromatic N) is 3. The first kappa shape index (κ1) is 13.8. The molecule has 6 nitrogen and oxygen atoms in total. The van der Waals surface area contributed by atoms with E-state index in [0.717, 1.165) is 12.8 Å². The number of nitrogens with two attached hydrogens (primary N) is 1. The zero-order chi connectivity index (χ0) is 13.3. The van der Waals surface area contributed by atoms with Crippen molar-refractivity contribution >= 4 is 21.6 Å². The lowest BCUT2D eigenvalue weighted by Gasteiger charge is -2.30. The molecule has 1 aliphatic rings. The van der Waals surface area contributed by atoms with Crippen molar-refractivity contribution in [1.82, 2.24) is 14.1 Å². The Morgan fingerprint density at radius 3 is 2.56 bits per heavy atom. The van der Waals surface area contributed by atoms with Crippen LogP contribution in [0.3, 0.4) is 0 Å². The summed E-state index contributed by atoms with van der Waals surface area (Å²) in [5.74, 6) is 0.415. The predicted octanol–water partition coefficient (Wildman–Crippen LogP) is 0.433. The summed E-state index contributed by atoms with van der Waals surface area (Å²) in [6, 6.07) is 0. The first-order valence-electron chi connectivity index (χ1n) is 5.84. The normalized spacial score (nSPS) is 19.3. The minimum atomic E-state index is -3.55. The van der Waals surface area contributed by atoms with Crippen molar-refractivity contribution in [3.8, 4) is 0 Å². The van der Waals surface area contributed by atoms with E-state index in [0.29, 0.717) is 25.6 Å². The molecule has 1 aromatic heterocycles. The van der Waals surface area contributed by atoms with E-state index in [9.17, 15) is 8.42 Å². The topological polar surface area (TPSA) is 81.2 Å². The van der Waals surface area contributed by atoms with Gasteiger partial charge in [-0.25, -0.2) is 8.42 Å². The van der Waals surface area contributed by atoms with Crippen LogP contribution >= 0.6 is 11.6 Å². The summed E-state index contributed by atoms with van der Waals surface area (Å²) in [5.41, 5.74) is 5.60. The number of hydrogen-bond acceptors (Lipinski definition) is 4. The molecule has 2 heterocycles. The van der Waals surface area contributed by atoms with Crippen LogP contribution in [0.4, 0.5) is 0 Å². The maximum atomic E-state index is 12.4. The molecule has 0 bridgehead atoms. The van der Waals surface area contributed by atoms with Gasteiger partial charge in [-0.2, -0.15) is 9.40 Å². The predicted molar refractivity (Wildman–Crippen MR) is 68.8 cm³/mol. The third-order valence-electron chi connectivity index (χ3n) is 3.33. The molecule has 0 aromatic carbocycles. The van der Waals surface area contributed by atoms with E-state index in [4.69, 9.17) is 17.3 Å². The maximum absolute atomic E-state index is 12.4. The van der Waals surface area contributed by atoms with Crippen LogP contribution in [-0.4, -0.2) is 42.1 Å². The molecule has 0 saturated carbocycles. The summed E-state index contributed by atoms with van der Waals surface area (Å²) in [6.07, 6.45) is 2.94. The molecule has 0 amide bonds. The molecule has 0 unspecified atom stereocenters. The Kier molecular flexibility index (Phi) is 3.96. The van der Waals surface area contributed by atoms with Crippen molar-refractivity contribution in [2.75, 3.05) is 19.6 Å². The molecule has 8 heteroatoms. The second-order valence-electron chi connectivity index (χ2n) is 4.50. The fourth-order valence-electron chi connectivity index (χ4n) is 2.20. The molecular weight excluding hydrogens is 276 g/mol. The van der Waals surface area contributed by atoms with Crippen LogP contribution in [-0.2, 0) is 17.1 Å². The monoisotopic (exact) mass is 292 g/mol. The van der Waals surface area contributed by atoms with Gasteiger partial charge in [0.1, 0.15) is 0 Å². The van der Waals surface area contributed by atoms with E-state index in [1.807, 2.05) is 0 Å². The molecule has 2 N–H and O–H groups in total. The van der Waals surface area contributed by atoms with E-state index in [1.165, 1.54) is 15.2 Å². The molecule has 2 rings (SSSR count). The van der Waals surface area contributed by atoms with Gasteiger partial charge in [-0.15, -0.1) is 0 Å². The number of hydrogen-bond donors (Lipinski definition) is 1. The molecule has 1 aliphatic heterocycles. The molecular formula is C10H17ClN4O2S. The molecule has 1 fully saturated rings. The highest BCUT2D eigenvalue weighted by Crippen LogP contribution is 2.27. The number of aryl methyl sites for hydroxylation is 1. The van der Waals surface area contributed by atoms with Crippen molar-refractivity contribution in [3.63, 3.8) is 0 Å². The minimum Gasteiger partial charge on any atom is -0.330 e. The lowest BCUT2D eigenvalue weighted by atomic mass is 9.99. The average molecular weight is 293 g/mol. The van der Waals surface area contributed by atoms with Gasteiger partial charge in [0.25, 0.3) is 10.0 Å². The SMILES string of the molecule is Cn1ncc(Cl)c1S(=O)(=O)N1CCC(CN)CC1.